The fraction of sp³-hybridized carbons (Fsp3) is 0.0556. The average molecular weight is 368 g/mol. The number of non-ortho nitro benzene ring substituents is 1. The van der Waals surface area contributed by atoms with Gasteiger partial charge in [-0.15, -0.1) is 0 Å². The van der Waals surface area contributed by atoms with E-state index in [-0.39, 0.29) is 23.4 Å². The number of halogens is 1. The first-order valence-electron chi connectivity index (χ1n) is 7.64. The molecule has 0 saturated heterocycles. The zero-order chi connectivity index (χ0) is 18.4. The van der Waals surface area contributed by atoms with Crippen LogP contribution in [-0.4, -0.2) is 26.6 Å². The van der Waals surface area contributed by atoms with Gasteiger partial charge in [-0.2, -0.15) is 0 Å². The number of rotatable bonds is 3. The van der Waals surface area contributed by atoms with Crippen molar-refractivity contribution in [1.82, 2.24) is 9.88 Å². The van der Waals surface area contributed by atoms with Crippen molar-refractivity contribution in [3.05, 3.63) is 80.5 Å². The van der Waals surface area contributed by atoms with Crippen LogP contribution in [-0.2, 0) is 6.54 Å². The van der Waals surface area contributed by atoms with Crippen LogP contribution in [0.1, 0.15) is 26.3 Å². The third-order valence-corrected chi connectivity index (χ3v) is 4.62. The van der Waals surface area contributed by atoms with Gasteiger partial charge in [0.25, 0.3) is 17.5 Å². The predicted octanol–water partition coefficient (Wildman–Crippen LogP) is 3.59. The lowest BCUT2D eigenvalue weighted by Gasteiger charge is -2.15. The maximum atomic E-state index is 12.6. The maximum absolute atomic E-state index is 12.6. The predicted molar refractivity (Wildman–Crippen MR) is 94.1 cm³/mol. The number of nitrogens with zero attached hydrogens (tertiary/aromatic N) is 3. The van der Waals surface area contributed by atoms with Crippen LogP contribution in [0.2, 0.25) is 5.02 Å². The van der Waals surface area contributed by atoms with Crippen LogP contribution in [0.3, 0.4) is 0 Å². The molecule has 1 aromatic heterocycles. The number of carbonyl (C=O) groups excluding carboxylic acids is 2. The van der Waals surface area contributed by atoms with Gasteiger partial charge < -0.3 is 0 Å². The zero-order valence-corrected chi connectivity index (χ0v) is 13.9. The van der Waals surface area contributed by atoms with E-state index in [2.05, 4.69) is 4.98 Å². The highest BCUT2D eigenvalue weighted by Gasteiger charge is 2.37. The molecule has 26 heavy (non-hydrogen) atoms. The van der Waals surface area contributed by atoms with Crippen LogP contribution in [0.15, 0.2) is 48.7 Å². The van der Waals surface area contributed by atoms with Crippen molar-refractivity contribution in [1.29, 1.82) is 0 Å². The minimum absolute atomic E-state index is 0.00479. The second-order valence-electron chi connectivity index (χ2n) is 5.79. The highest BCUT2D eigenvalue weighted by molar-refractivity contribution is 6.35. The summed E-state index contributed by atoms with van der Waals surface area (Å²) in [4.78, 5) is 40.9. The van der Waals surface area contributed by atoms with E-state index < -0.39 is 16.7 Å². The Bertz CT molecular complexity index is 1110. The van der Waals surface area contributed by atoms with Gasteiger partial charge in [0.1, 0.15) is 0 Å². The van der Waals surface area contributed by atoms with Crippen molar-refractivity contribution in [2.24, 2.45) is 0 Å². The average Bonchev–Trinajstić information content (AvgIpc) is 2.88. The summed E-state index contributed by atoms with van der Waals surface area (Å²) in [5.41, 5.74) is 1.23. The molecule has 0 saturated carbocycles. The van der Waals surface area contributed by atoms with Crippen LogP contribution in [0.4, 0.5) is 5.69 Å². The second kappa shape index (κ2) is 5.89. The molecule has 0 bridgehead atoms. The number of pyridine rings is 1. The molecule has 0 radical (unpaired) electrons. The summed E-state index contributed by atoms with van der Waals surface area (Å²) in [5, 5.41) is 12.2. The van der Waals surface area contributed by atoms with Crippen LogP contribution in [0, 0.1) is 10.1 Å². The molecule has 8 heteroatoms. The topological polar surface area (TPSA) is 93.4 Å². The molecular weight excluding hydrogens is 358 g/mol. The lowest BCUT2D eigenvalue weighted by Crippen LogP contribution is -2.29. The van der Waals surface area contributed by atoms with Crippen LogP contribution in [0.5, 0.6) is 0 Å². The molecule has 128 valence electrons. The Balaban J connectivity index is 1.74. The fourth-order valence-corrected chi connectivity index (χ4v) is 3.25. The van der Waals surface area contributed by atoms with Crippen molar-refractivity contribution in [3.8, 4) is 0 Å². The van der Waals surface area contributed by atoms with Crippen LogP contribution >= 0.6 is 11.6 Å². The lowest BCUT2D eigenvalue weighted by atomic mass is 10.1. The zero-order valence-electron chi connectivity index (χ0n) is 13.2. The third-order valence-electron chi connectivity index (χ3n) is 4.29. The van der Waals surface area contributed by atoms with E-state index in [1.165, 1.54) is 12.1 Å². The van der Waals surface area contributed by atoms with E-state index in [0.717, 1.165) is 16.4 Å². The molecule has 3 aromatic rings. The smallest absolute Gasteiger partial charge is 0.270 e. The van der Waals surface area contributed by atoms with Gasteiger partial charge >= 0.3 is 0 Å². The molecule has 2 aromatic carbocycles. The van der Waals surface area contributed by atoms with Crippen LogP contribution in [0.25, 0.3) is 10.9 Å². The first-order chi connectivity index (χ1) is 12.5. The minimum atomic E-state index is -0.600. The maximum Gasteiger partial charge on any atom is 0.270 e. The number of fused-ring (bicyclic) bond motifs is 2. The van der Waals surface area contributed by atoms with Crippen molar-refractivity contribution in [2.75, 3.05) is 0 Å². The van der Waals surface area contributed by atoms with Crippen molar-refractivity contribution < 1.29 is 14.5 Å². The number of hydrogen-bond acceptors (Lipinski definition) is 5. The molecule has 0 unspecified atom stereocenters. The molecule has 2 amide bonds. The summed E-state index contributed by atoms with van der Waals surface area (Å²) in [6.45, 7) is 0.00479. The first-order valence-corrected chi connectivity index (χ1v) is 8.02. The molecule has 1 aliphatic rings. The molecule has 7 nitrogen and oxygen atoms in total. The SMILES string of the molecule is O=C1c2ccc([N+](=O)[O-])cc2C(=O)N1Cc1ccc(Cl)c2cccnc12. The van der Waals surface area contributed by atoms with Gasteiger partial charge in [0.2, 0.25) is 0 Å². The Morgan fingerprint density at radius 3 is 2.62 bits per heavy atom. The quantitative estimate of drug-likeness (QED) is 0.400. The number of nitro groups is 1. The second-order valence-corrected chi connectivity index (χ2v) is 6.20. The van der Waals surface area contributed by atoms with Gasteiger partial charge in [-0.1, -0.05) is 17.7 Å². The van der Waals surface area contributed by atoms with E-state index in [1.54, 1.807) is 30.5 Å². The number of amides is 2. The first kappa shape index (κ1) is 16.2. The Morgan fingerprint density at radius 1 is 1.08 bits per heavy atom. The summed E-state index contributed by atoms with van der Waals surface area (Å²) >= 11 is 6.17. The molecule has 0 atom stereocenters. The lowest BCUT2D eigenvalue weighted by molar-refractivity contribution is -0.384. The van der Waals surface area contributed by atoms with Gasteiger partial charge in [0, 0.05) is 28.7 Å². The normalized spacial score (nSPS) is 13.3. The number of carbonyl (C=O) groups is 2. The molecule has 2 heterocycles. The Morgan fingerprint density at radius 2 is 1.85 bits per heavy atom. The van der Waals surface area contributed by atoms with Gasteiger partial charge in [-0.3, -0.25) is 29.6 Å². The molecule has 0 N–H and O–H groups in total. The summed E-state index contributed by atoms with van der Waals surface area (Å²) in [6, 6.07) is 10.6. The van der Waals surface area contributed by atoms with Crippen molar-refractivity contribution in [2.45, 2.75) is 6.54 Å². The molecular formula is C18H10ClN3O4. The summed E-state index contributed by atoms with van der Waals surface area (Å²) in [7, 11) is 0. The summed E-state index contributed by atoms with van der Waals surface area (Å²) in [5.74, 6) is -1.05. The molecule has 4 rings (SSSR count). The Kier molecular flexibility index (Phi) is 3.66. The largest absolute Gasteiger partial charge is 0.270 e. The van der Waals surface area contributed by atoms with E-state index in [4.69, 9.17) is 11.6 Å². The summed E-state index contributed by atoms with van der Waals surface area (Å²) < 4.78 is 0. The van der Waals surface area contributed by atoms with Crippen molar-refractivity contribution in [3.63, 3.8) is 0 Å². The van der Waals surface area contributed by atoms with Gasteiger partial charge in [0.15, 0.2) is 0 Å². The molecule has 0 spiro atoms. The minimum Gasteiger partial charge on any atom is -0.270 e. The molecule has 0 aliphatic carbocycles. The van der Waals surface area contributed by atoms with E-state index in [0.29, 0.717) is 16.1 Å². The summed E-state index contributed by atoms with van der Waals surface area (Å²) in [6.07, 6.45) is 1.61. The van der Waals surface area contributed by atoms with E-state index >= 15 is 0 Å². The fourth-order valence-electron chi connectivity index (χ4n) is 3.03. The van der Waals surface area contributed by atoms with E-state index in [9.17, 15) is 19.7 Å². The highest BCUT2D eigenvalue weighted by Crippen LogP contribution is 2.30. The molecule has 0 fully saturated rings. The number of hydrogen-bond donors (Lipinski definition) is 0. The number of nitro benzene ring substituents is 1. The van der Waals surface area contributed by atoms with E-state index in [1.807, 2.05) is 0 Å². The number of imide groups is 1. The standard InChI is InChI=1S/C18H10ClN3O4/c19-15-6-3-10(16-13(15)2-1-7-20-16)9-21-17(23)12-5-4-11(22(25)26)8-14(12)18(21)24/h1-8H,9H2. The number of aromatic nitrogens is 1. The Labute approximate surface area is 152 Å². The monoisotopic (exact) mass is 367 g/mol. The van der Waals surface area contributed by atoms with Gasteiger partial charge in [-0.25, -0.2) is 0 Å². The highest BCUT2D eigenvalue weighted by atomic mass is 35.5. The van der Waals surface area contributed by atoms with Gasteiger partial charge in [-0.05, 0) is 29.8 Å². The van der Waals surface area contributed by atoms with Crippen molar-refractivity contribution >= 4 is 40.0 Å². The molecule has 1 aliphatic heterocycles. The third kappa shape index (κ3) is 2.41. The number of benzene rings is 2. The van der Waals surface area contributed by atoms with Crippen LogP contribution < -0.4 is 0 Å². The Hall–Kier alpha value is -3.32. The van der Waals surface area contributed by atoms with Gasteiger partial charge in [0.05, 0.1) is 28.1 Å².